The monoisotopic (exact) mass is 577 g/mol. The number of nitrogens with two attached hydrogens (primary N) is 1. The predicted molar refractivity (Wildman–Crippen MR) is 141 cm³/mol. The van der Waals surface area contributed by atoms with E-state index in [0.717, 1.165) is 6.42 Å². The Morgan fingerprint density at radius 1 is 1.03 bits per heavy atom. The van der Waals surface area contributed by atoms with E-state index in [2.05, 4.69) is 10.6 Å². The van der Waals surface area contributed by atoms with Crippen LogP contribution in [-0.4, -0.2) is 71.8 Å². The Hall–Kier alpha value is -2.78. The third kappa shape index (κ3) is 8.10. The quantitative estimate of drug-likeness (QED) is 0.140. The molecule has 1 fully saturated rings. The molecule has 12 nitrogen and oxygen atoms in total. The summed E-state index contributed by atoms with van der Waals surface area (Å²) < 4.78 is 59.6. The fraction of sp³-hybridized carbons (Fsp3) is 0.409. The number of hydroxylamine groups is 1. The van der Waals surface area contributed by atoms with E-state index >= 15 is 0 Å². The minimum Gasteiger partial charge on any atom is -0.393 e. The molecular weight excluding hydrogens is 546 g/mol. The average molecular weight is 578 g/mol. The van der Waals surface area contributed by atoms with Crippen molar-refractivity contribution in [3.05, 3.63) is 48.0 Å². The highest BCUT2D eigenvalue weighted by Crippen LogP contribution is 2.29. The van der Waals surface area contributed by atoms with Gasteiger partial charge in [-0.2, -0.15) is 18.2 Å². The molecule has 1 heterocycles. The smallest absolute Gasteiger partial charge is 0.340 e. The standard InChI is InChI=1S/C22H31N5O7S2.ClH/c1-4-13-32-24-22(23)25-33-18-14-17(2)15-19(16-18)34-36(30,31)21-8-6-5-7-20(21)35(28,29)27-11-9-26(3)10-12-27;/h5-8,14-16H,4,9-13H2,1-3H3,(H3,23,24,25);1H. The van der Waals surface area contributed by atoms with Crippen LogP contribution in [0.25, 0.3) is 0 Å². The number of oxime groups is 1. The molecule has 0 bridgehead atoms. The van der Waals surface area contributed by atoms with Crippen molar-refractivity contribution < 1.29 is 30.7 Å². The van der Waals surface area contributed by atoms with Crippen LogP contribution in [0.2, 0.25) is 0 Å². The molecule has 0 radical (unpaired) electrons. The second kappa shape index (κ2) is 13.1. The molecule has 15 heteroatoms. The second-order valence-corrected chi connectivity index (χ2v) is 11.6. The molecule has 0 spiro atoms. The van der Waals surface area contributed by atoms with E-state index in [1.165, 1.54) is 40.7 Å². The van der Waals surface area contributed by atoms with Crippen LogP contribution in [0, 0.1) is 6.92 Å². The summed E-state index contributed by atoms with van der Waals surface area (Å²) in [4.78, 5) is 11.5. The lowest BCUT2D eigenvalue weighted by molar-refractivity contribution is 0.138. The maximum absolute atomic E-state index is 13.3. The number of halogens is 1. The molecule has 1 saturated heterocycles. The zero-order valence-electron chi connectivity index (χ0n) is 20.8. The van der Waals surface area contributed by atoms with Crippen molar-refractivity contribution in [2.75, 3.05) is 39.8 Å². The van der Waals surface area contributed by atoms with Gasteiger partial charge in [0.05, 0.1) is 0 Å². The van der Waals surface area contributed by atoms with Crippen molar-refractivity contribution >= 4 is 38.5 Å². The summed E-state index contributed by atoms with van der Waals surface area (Å²) in [5.74, 6) is -0.0217. The zero-order valence-corrected chi connectivity index (χ0v) is 23.2. The molecule has 0 saturated carbocycles. The number of piperazine rings is 1. The number of benzene rings is 2. The van der Waals surface area contributed by atoms with Crippen LogP contribution in [-0.2, 0) is 25.0 Å². The fourth-order valence-corrected chi connectivity index (χ4v) is 6.48. The van der Waals surface area contributed by atoms with E-state index in [1.807, 2.05) is 18.9 Å². The zero-order chi connectivity index (χ0) is 26.3. The van der Waals surface area contributed by atoms with Crippen LogP contribution >= 0.6 is 12.4 Å². The lowest BCUT2D eigenvalue weighted by Gasteiger charge is -2.31. The Balaban J connectivity index is 0.00000481. The first-order valence-corrected chi connectivity index (χ1v) is 14.1. The van der Waals surface area contributed by atoms with Gasteiger partial charge in [-0.05, 0) is 55.4 Å². The minimum absolute atomic E-state index is 0. The molecule has 0 aromatic heterocycles. The van der Waals surface area contributed by atoms with Crippen molar-refractivity contribution in [1.82, 2.24) is 14.7 Å². The summed E-state index contributed by atoms with van der Waals surface area (Å²) in [5, 5.41) is 3.62. The summed E-state index contributed by atoms with van der Waals surface area (Å²) in [7, 11) is -6.68. The molecule has 0 aliphatic carbocycles. The molecule has 2 aromatic rings. The van der Waals surface area contributed by atoms with Gasteiger partial charge in [0.2, 0.25) is 10.0 Å². The van der Waals surface area contributed by atoms with Crippen molar-refractivity contribution in [3.8, 4) is 11.5 Å². The summed E-state index contributed by atoms with van der Waals surface area (Å²) in [5.41, 5.74) is 8.65. The molecule has 3 rings (SSSR count). The number of hydrogen-bond donors (Lipinski definition) is 2. The Labute approximate surface area is 223 Å². The number of nitrogens with zero attached hydrogens (tertiary/aromatic N) is 3. The van der Waals surface area contributed by atoms with Gasteiger partial charge in [-0.1, -0.05) is 19.1 Å². The highest BCUT2D eigenvalue weighted by molar-refractivity contribution is 7.91. The van der Waals surface area contributed by atoms with Crippen LogP contribution < -0.4 is 20.2 Å². The van der Waals surface area contributed by atoms with Gasteiger partial charge in [0.25, 0.3) is 5.96 Å². The van der Waals surface area contributed by atoms with Crippen molar-refractivity contribution in [1.29, 1.82) is 0 Å². The van der Waals surface area contributed by atoms with Gasteiger partial charge < -0.3 is 24.5 Å². The Bertz CT molecular complexity index is 1300. The third-order valence-corrected chi connectivity index (χ3v) is 8.55. The lowest BCUT2D eigenvalue weighted by atomic mass is 10.2. The van der Waals surface area contributed by atoms with Crippen LogP contribution in [0.15, 0.2) is 57.4 Å². The summed E-state index contributed by atoms with van der Waals surface area (Å²) in [6, 6.07) is 9.79. The van der Waals surface area contributed by atoms with Crippen LogP contribution in [0.1, 0.15) is 18.9 Å². The molecule has 0 unspecified atom stereocenters. The number of likely N-dealkylation sites (N-methyl/N-ethyl adjacent to an activating group) is 1. The maximum Gasteiger partial charge on any atom is 0.340 e. The summed E-state index contributed by atoms with van der Waals surface area (Å²) in [6.45, 7) is 5.62. The fourth-order valence-electron chi connectivity index (χ4n) is 3.37. The van der Waals surface area contributed by atoms with E-state index < -0.39 is 25.0 Å². The van der Waals surface area contributed by atoms with Gasteiger partial charge in [-0.25, -0.2) is 8.42 Å². The number of hydrogen-bond acceptors (Lipinski definition) is 9. The number of guanidine groups is 1. The van der Waals surface area contributed by atoms with Gasteiger partial charge in [0.15, 0.2) is 5.75 Å². The highest BCUT2D eigenvalue weighted by atomic mass is 35.5. The molecule has 37 heavy (non-hydrogen) atoms. The van der Waals surface area contributed by atoms with Crippen LogP contribution in [0.3, 0.4) is 0 Å². The van der Waals surface area contributed by atoms with Crippen LogP contribution in [0.5, 0.6) is 11.5 Å². The van der Waals surface area contributed by atoms with Gasteiger partial charge >= 0.3 is 10.1 Å². The molecule has 0 atom stereocenters. The third-order valence-electron chi connectivity index (χ3n) is 5.16. The predicted octanol–water partition coefficient (Wildman–Crippen LogP) is 1.66. The van der Waals surface area contributed by atoms with Crippen LogP contribution in [0.4, 0.5) is 0 Å². The van der Waals surface area contributed by atoms with E-state index in [-0.39, 0.29) is 47.9 Å². The van der Waals surface area contributed by atoms with Crippen molar-refractivity contribution in [3.63, 3.8) is 0 Å². The Morgan fingerprint density at radius 2 is 1.65 bits per heavy atom. The van der Waals surface area contributed by atoms with E-state index in [1.54, 1.807) is 13.0 Å². The SMILES string of the molecule is CCCON=C(N)NOc1cc(C)cc(OS(=O)(=O)c2ccccc2S(=O)(=O)N2CCN(C)CC2)c1.Cl. The molecule has 3 N–H and O–H groups in total. The molecule has 1 aliphatic heterocycles. The van der Waals surface area contributed by atoms with Gasteiger partial charge in [-0.15, -0.1) is 12.4 Å². The number of sulfonamides is 1. The maximum atomic E-state index is 13.3. The highest BCUT2D eigenvalue weighted by Gasteiger charge is 2.33. The van der Waals surface area contributed by atoms with E-state index in [9.17, 15) is 16.8 Å². The lowest BCUT2D eigenvalue weighted by Crippen LogP contribution is -2.47. The summed E-state index contributed by atoms with van der Waals surface area (Å²) in [6.07, 6.45) is 0.754. The van der Waals surface area contributed by atoms with Crippen molar-refractivity contribution in [2.24, 2.45) is 10.9 Å². The Morgan fingerprint density at radius 3 is 2.30 bits per heavy atom. The molecule has 0 amide bonds. The first-order valence-electron chi connectivity index (χ1n) is 11.2. The van der Waals surface area contributed by atoms with Crippen molar-refractivity contribution in [2.45, 2.75) is 30.1 Å². The molecule has 2 aromatic carbocycles. The summed E-state index contributed by atoms with van der Waals surface area (Å²) >= 11 is 0. The number of aryl methyl sites for hydroxylation is 1. The minimum atomic E-state index is -4.52. The first kappa shape index (κ1) is 30.4. The Kier molecular flexibility index (Phi) is 10.8. The second-order valence-electron chi connectivity index (χ2n) is 8.19. The van der Waals surface area contributed by atoms with E-state index in [0.29, 0.717) is 25.3 Å². The van der Waals surface area contributed by atoms with Gasteiger partial charge in [0, 0.05) is 32.2 Å². The average Bonchev–Trinajstić information content (AvgIpc) is 2.82. The normalized spacial score (nSPS) is 15.5. The van der Waals surface area contributed by atoms with Gasteiger partial charge in [0.1, 0.15) is 22.1 Å². The molecule has 1 aliphatic rings. The molecular formula is C22H32ClN5O7S2. The number of nitrogens with one attached hydrogen (secondary N) is 1. The number of rotatable bonds is 10. The van der Waals surface area contributed by atoms with E-state index in [4.69, 9.17) is 19.6 Å². The molecule has 206 valence electrons. The topological polar surface area (TPSA) is 153 Å². The first-order chi connectivity index (χ1) is 17.0. The van der Waals surface area contributed by atoms with Gasteiger partial charge in [-0.3, -0.25) is 0 Å². The largest absolute Gasteiger partial charge is 0.393 e.